The minimum Gasteiger partial charge on any atom is -0.508 e. The molecule has 0 spiro atoms. The largest absolute Gasteiger partial charge is 0.508 e. The molecule has 0 radical (unpaired) electrons. The molecule has 28 heavy (non-hydrogen) atoms. The van der Waals surface area contributed by atoms with Crippen molar-refractivity contribution in [2.45, 2.75) is 32.8 Å². The highest BCUT2D eigenvalue weighted by molar-refractivity contribution is 5.95. The number of phenols is 2. The van der Waals surface area contributed by atoms with Crippen molar-refractivity contribution < 1.29 is 14.9 Å². The number of hydrogen-bond acceptors (Lipinski definition) is 3. The van der Waals surface area contributed by atoms with Crippen LogP contribution >= 0.6 is 0 Å². The lowest BCUT2D eigenvalue weighted by Gasteiger charge is -2.31. The van der Waals surface area contributed by atoms with Crippen LogP contribution in [-0.2, 0) is 0 Å². The van der Waals surface area contributed by atoms with Gasteiger partial charge in [0.05, 0.1) is 0 Å². The Hall–Kier alpha value is -3.20. The van der Waals surface area contributed by atoms with E-state index in [0.717, 1.165) is 27.8 Å². The maximum absolute atomic E-state index is 9.92. The minimum absolute atomic E-state index is 0.188. The molecule has 0 fully saturated rings. The van der Waals surface area contributed by atoms with Crippen LogP contribution in [0.25, 0.3) is 11.1 Å². The van der Waals surface area contributed by atoms with Gasteiger partial charge in [-0.3, -0.25) is 0 Å². The van der Waals surface area contributed by atoms with Crippen LogP contribution in [0.5, 0.6) is 17.2 Å². The molecule has 3 nitrogen and oxygen atoms in total. The predicted octanol–water partition coefficient (Wildman–Crippen LogP) is 6.29. The monoisotopic (exact) mass is 372 g/mol. The molecule has 0 saturated heterocycles. The maximum atomic E-state index is 9.92. The van der Waals surface area contributed by atoms with Gasteiger partial charge in [-0.05, 0) is 59.4 Å². The van der Waals surface area contributed by atoms with Gasteiger partial charge in [-0.15, -0.1) is 0 Å². The number of benzene rings is 3. The van der Waals surface area contributed by atoms with Crippen LogP contribution in [0.4, 0.5) is 0 Å². The number of aromatic hydroxyl groups is 2. The van der Waals surface area contributed by atoms with Gasteiger partial charge in [-0.2, -0.15) is 0 Å². The molecule has 0 saturated carbocycles. The lowest BCUT2D eigenvalue weighted by molar-refractivity contribution is 0.259. The third kappa shape index (κ3) is 3.24. The summed E-state index contributed by atoms with van der Waals surface area (Å²) in [5.41, 5.74) is 6.48. The second-order valence-electron chi connectivity index (χ2n) is 7.59. The Bertz CT molecular complexity index is 1030. The van der Waals surface area contributed by atoms with E-state index in [1.54, 1.807) is 24.3 Å². The van der Waals surface area contributed by atoms with Gasteiger partial charge in [0.2, 0.25) is 0 Å². The average molecular weight is 372 g/mol. The zero-order valence-electron chi connectivity index (χ0n) is 16.3. The van der Waals surface area contributed by atoms with Crippen LogP contribution in [0, 0.1) is 0 Å². The Kier molecular flexibility index (Phi) is 4.60. The van der Waals surface area contributed by atoms with Crippen LogP contribution in [0.3, 0.4) is 0 Å². The minimum atomic E-state index is -0.292. The van der Waals surface area contributed by atoms with E-state index >= 15 is 0 Å². The van der Waals surface area contributed by atoms with E-state index in [2.05, 4.69) is 45.0 Å². The van der Waals surface area contributed by atoms with E-state index in [0.29, 0.717) is 11.7 Å². The van der Waals surface area contributed by atoms with E-state index in [4.69, 9.17) is 4.74 Å². The van der Waals surface area contributed by atoms with E-state index in [1.165, 1.54) is 5.56 Å². The molecular weight excluding hydrogens is 348 g/mol. The molecule has 3 heteroatoms. The molecule has 1 aliphatic heterocycles. The number of allylic oxidation sites excluding steroid dienone is 1. The Balaban J connectivity index is 1.88. The summed E-state index contributed by atoms with van der Waals surface area (Å²) < 4.78 is 6.39. The first-order valence-corrected chi connectivity index (χ1v) is 9.54. The number of fused-ring (bicyclic) bond motifs is 1. The molecule has 3 aromatic carbocycles. The molecule has 0 bridgehead atoms. The van der Waals surface area contributed by atoms with Gasteiger partial charge in [-0.25, -0.2) is 0 Å². The molecule has 142 valence electrons. The first-order chi connectivity index (χ1) is 13.4. The zero-order valence-corrected chi connectivity index (χ0v) is 16.3. The van der Waals surface area contributed by atoms with E-state index < -0.39 is 0 Å². The summed E-state index contributed by atoms with van der Waals surface area (Å²) in [6.07, 6.45) is -0.292. The normalized spacial score (nSPS) is 16.1. The molecule has 1 heterocycles. The first-order valence-electron chi connectivity index (χ1n) is 9.54. The van der Waals surface area contributed by atoms with Crippen LogP contribution in [0.2, 0.25) is 0 Å². The van der Waals surface area contributed by atoms with Gasteiger partial charge >= 0.3 is 0 Å². The first kappa shape index (κ1) is 18.2. The van der Waals surface area contributed by atoms with Crippen LogP contribution < -0.4 is 4.74 Å². The number of phenolic OH excluding ortho intramolecular Hbond substituents is 2. The van der Waals surface area contributed by atoms with Crippen molar-refractivity contribution in [3.05, 3.63) is 89.0 Å². The van der Waals surface area contributed by atoms with Crippen molar-refractivity contribution in [2.75, 3.05) is 0 Å². The van der Waals surface area contributed by atoms with Gasteiger partial charge in [-0.1, -0.05) is 50.2 Å². The van der Waals surface area contributed by atoms with Crippen molar-refractivity contribution in [2.24, 2.45) is 0 Å². The SMILES string of the molecule is CC1=C(c2ccc(O)cc2)[C@H](c2ccc(C(C)C)cc2)Oc2cc(O)ccc21. The topological polar surface area (TPSA) is 49.7 Å². The lowest BCUT2D eigenvalue weighted by atomic mass is 9.85. The van der Waals surface area contributed by atoms with Gasteiger partial charge < -0.3 is 14.9 Å². The van der Waals surface area contributed by atoms with E-state index in [1.807, 2.05) is 18.2 Å². The fourth-order valence-corrected chi connectivity index (χ4v) is 3.75. The number of ether oxygens (including phenoxy) is 1. The predicted molar refractivity (Wildman–Crippen MR) is 113 cm³/mol. The summed E-state index contributed by atoms with van der Waals surface area (Å²) in [5.74, 6) is 1.57. The molecule has 2 N–H and O–H groups in total. The molecular formula is C25H24O3. The summed E-state index contributed by atoms with van der Waals surface area (Å²) in [4.78, 5) is 0. The number of rotatable bonds is 3. The Morgan fingerprint density at radius 3 is 2.11 bits per heavy atom. The molecule has 0 aromatic heterocycles. The Labute approximate surface area is 165 Å². The van der Waals surface area contributed by atoms with E-state index in [-0.39, 0.29) is 17.6 Å². The highest BCUT2D eigenvalue weighted by atomic mass is 16.5. The van der Waals surface area contributed by atoms with Crippen LogP contribution in [-0.4, -0.2) is 10.2 Å². The molecule has 3 aromatic rings. The van der Waals surface area contributed by atoms with Crippen molar-refractivity contribution in [1.82, 2.24) is 0 Å². The van der Waals surface area contributed by atoms with Crippen molar-refractivity contribution in [3.8, 4) is 17.2 Å². The quantitative estimate of drug-likeness (QED) is 0.568. The van der Waals surface area contributed by atoms with Crippen LogP contribution in [0.15, 0.2) is 66.7 Å². The highest BCUT2D eigenvalue weighted by Gasteiger charge is 2.29. The average Bonchev–Trinajstić information content (AvgIpc) is 2.68. The smallest absolute Gasteiger partial charge is 0.150 e. The van der Waals surface area contributed by atoms with Crippen molar-refractivity contribution in [1.29, 1.82) is 0 Å². The highest BCUT2D eigenvalue weighted by Crippen LogP contribution is 2.47. The maximum Gasteiger partial charge on any atom is 0.150 e. The Morgan fingerprint density at radius 2 is 1.46 bits per heavy atom. The molecule has 0 aliphatic carbocycles. The summed E-state index contributed by atoms with van der Waals surface area (Å²) in [6, 6.07) is 21.0. The van der Waals surface area contributed by atoms with Crippen molar-refractivity contribution >= 4 is 11.1 Å². The molecule has 1 aliphatic rings. The summed E-state index contributed by atoms with van der Waals surface area (Å²) in [7, 11) is 0. The van der Waals surface area contributed by atoms with Gasteiger partial charge in [0, 0.05) is 17.2 Å². The summed E-state index contributed by atoms with van der Waals surface area (Å²) >= 11 is 0. The van der Waals surface area contributed by atoms with E-state index in [9.17, 15) is 10.2 Å². The third-order valence-corrected chi connectivity index (χ3v) is 5.36. The molecule has 1 atom stereocenters. The second kappa shape index (κ2) is 7.08. The fraction of sp³-hybridized carbons (Fsp3) is 0.200. The van der Waals surface area contributed by atoms with Crippen LogP contribution in [0.1, 0.15) is 55.0 Å². The molecule has 0 amide bonds. The summed E-state index contributed by atoms with van der Waals surface area (Å²) in [6.45, 7) is 6.43. The fourth-order valence-electron chi connectivity index (χ4n) is 3.75. The zero-order chi connectivity index (χ0) is 19.8. The lowest BCUT2D eigenvalue weighted by Crippen LogP contribution is -2.16. The standard InChI is InChI=1S/C25H24O3/c1-15(2)17-4-6-19(7-5-17)25-24(18-8-10-20(26)11-9-18)16(3)22-13-12-21(27)14-23(22)28-25/h4-15,25-27H,1-3H3/t25-/m0/s1. The third-order valence-electron chi connectivity index (χ3n) is 5.36. The van der Waals surface area contributed by atoms with Gasteiger partial charge in [0.25, 0.3) is 0 Å². The van der Waals surface area contributed by atoms with Crippen molar-refractivity contribution in [3.63, 3.8) is 0 Å². The summed E-state index contributed by atoms with van der Waals surface area (Å²) in [5, 5.41) is 19.6. The molecule has 0 unspecified atom stereocenters. The van der Waals surface area contributed by atoms with Gasteiger partial charge in [0.1, 0.15) is 23.4 Å². The van der Waals surface area contributed by atoms with Gasteiger partial charge in [0.15, 0.2) is 0 Å². The number of hydrogen-bond donors (Lipinski definition) is 2. The Morgan fingerprint density at radius 1 is 0.821 bits per heavy atom. The second-order valence-corrected chi connectivity index (χ2v) is 7.59. The molecule has 4 rings (SSSR count).